The number of benzene rings is 1. The number of hydrogen-bond acceptors (Lipinski definition) is 2. The summed E-state index contributed by atoms with van der Waals surface area (Å²) in [6.07, 6.45) is 0. The van der Waals surface area contributed by atoms with E-state index in [1.54, 1.807) is 12.1 Å². The van der Waals surface area contributed by atoms with Gasteiger partial charge >= 0.3 is 0 Å². The van der Waals surface area contributed by atoms with Crippen molar-refractivity contribution < 1.29 is 9.90 Å². The minimum atomic E-state index is -1.18. The van der Waals surface area contributed by atoms with Gasteiger partial charge in [0.25, 0.3) is 0 Å². The second-order valence-corrected chi connectivity index (χ2v) is 2.16. The van der Waals surface area contributed by atoms with Crippen molar-refractivity contribution in [3.05, 3.63) is 41.1 Å². The molecular weight excluding hydrogens is 142 g/mol. The monoisotopic (exact) mass is 149 g/mol. The number of carboxylic acid groups (broad SMARTS) is 1. The van der Waals surface area contributed by atoms with Gasteiger partial charge in [-0.3, -0.25) is 0 Å². The molecule has 3 nitrogen and oxygen atoms in total. The van der Waals surface area contributed by atoms with Crippen LogP contribution in [0.25, 0.3) is 5.73 Å². The smallest absolute Gasteiger partial charge is 0.0715 e. The second kappa shape index (κ2) is 3.16. The van der Waals surface area contributed by atoms with Crippen molar-refractivity contribution in [2.45, 2.75) is 6.54 Å². The van der Waals surface area contributed by atoms with Gasteiger partial charge in [0.1, 0.15) is 0 Å². The molecule has 0 saturated carbocycles. The van der Waals surface area contributed by atoms with Gasteiger partial charge in [0, 0.05) is 0 Å². The van der Waals surface area contributed by atoms with Gasteiger partial charge < -0.3 is 15.6 Å². The second-order valence-electron chi connectivity index (χ2n) is 2.16. The molecule has 0 heterocycles. The predicted molar refractivity (Wildman–Crippen MR) is 38.8 cm³/mol. The topological polar surface area (TPSA) is 63.9 Å². The molecule has 58 valence electrons. The van der Waals surface area contributed by atoms with Crippen molar-refractivity contribution in [1.82, 2.24) is 0 Å². The van der Waals surface area contributed by atoms with Crippen LogP contribution < -0.4 is 5.11 Å². The highest BCUT2D eigenvalue weighted by atomic mass is 16.4. The number of nitrogens with one attached hydrogen (secondary N) is 1. The van der Waals surface area contributed by atoms with Crippen molar-refractivity contribution in [1.29, 1.82) is 0 Å². The van der Waals surface area contributed by atoms with Gasteiger partial charge in [0.05, 0.1) is 5.97 Å². The highest BCUT2D eigenvalue weighted by Gasteiger charge is 1.90. The number of carbonyl (C=O) groups excluding carboxylic acids is 1. The molecule has 1 aromatic rings. The van der Waals surface area contributed by atoms with Gasteiger partial charge in [-0.25, -0.2) is 0 Å². The molecule has 0 spiro atoms. The van der Waals surface area contributed by atoms with Gasteiger partial charge in [-0.15, -0.1) is 6.54 Å². The Morgan fingerprint density at radius 1 is 1.36 bits per heavy atom. The fraction of sp³-hybridized carbons (Fsp3) is 0.125. The number of rotatable bonds is 2. The Balaban J connectivity index is 2.91. The summed E-state index contributed by atoms with van der Waals surface area (Å²) in [5, 5.41) is 10.2. The molecule has 0 amide bonds. The Morgan fingerprint density at radius 2 is 1.91 bits per heavy atom. The fourth-order valence-electron chi connectivity index (χ4n) is 0.759. The molecular formula is C8H7NO2-2. The Bertz CT molecular complexity index is 253. The summed E-state index contributed by atoms with van der Waals surface area (Å²) < 4.78 is 0. The van der Waals surface area contributed by atoms with Crippen LogP contribution in [0.5, 0.6) is 0 Å². The van der Waals surface area contributed by atoms with E-state index in [0.717, 1.165) is 5.56 Å². The van der Waals surface area contributed by atoms with Crippen LogP contribution in [-0.4, -0.2) is 5.97 Å². The molecule has 0 aliphatic rings. The lowest BCUT2D eigenvalue weighted by molar-refractivity contribution is -0.255. The zero-order valence-electron chi connectivity index (χ0n) is 5.83. The van der Waals surface area contributed by atoms with Crippen LogP contribution in [0.4, 0.5) is 0 Å². The van der Waals surface area contributed by atoms with Crippen LogP contribution in [0, 0.1) is 0 Å². The van der Waals surface area contributed by atoms with Crippen molar-refractivity contribution >= 4 is 5.97 Å². The van der Waals surface area contributed by atoms with Crippen molar-refractivity contribution in [3.8, 4) is 0 Å². The molecule has 0 bridgehead atoms. The first kappa shape index (κ1) is 7.75. The van der Waals surface area contributed by atoms with Gasteiger partial charge in [-0.1, -0.05) is 29.8 Å². The zero-order chi connectivity index (χ0) is 8.27. The molecule has 1 N–H and O–H groups in total. The first-order valence-electron chi connectivity index (χ1n) is 3.19. The average Bonchev–Trinajstić information content (AvgIpc) is 2.05. The third kappa shape index (κ3) is 1.78. The highest BCUT2D eigenvalue weighted by Crippen LogP contribution is 2.03. The molecule has 0 aliphatic carbocycles. The predicted octanol–water partition coefficient (Wildman–Crippen LogP) is 0.602. The molecule has 11 heavy (non-hydrogen) atoms. The van der Waals surface area contributed by atoms with E-state index in [-0.39, 0.29) is 12.1 Å². The van der Waals surface area contributed by atoms with Crippen LogP contribution in [-0.2, 0) is 6.54 Å². The van der Waals surface area contributed by atoms with Gasteiger partial charge in [-0.2, -0.15) is 0 Å². The largest absolute Gasteiger partial charge is 0.674 e. The number of aromatic carboxylic acids is 1. The number of hydrogen-bond donors (Lipinski definition) is 0. The van der Waals surface area contributed by atoms with E-state index in [9.17, 15) is 9.90 Å². The maximum absolute atomic E-state index is 10.2. The standard InChI is InChI=1S/C8H8NO2/c9-5-6-1-3-7(4-2-6)8(10)11/h1-4,9H,5H2,(H,10,11)/q-1/p-1. The number of carbonyl (C=O) groups is 1. The molecule has 0 unspecified atom stereocenters. The Labute approximate surface area is 64.5 Å². The Kier molecular flexibility index (Phi) is 2.23. The lowest BCUT2D eigenvalue weighted by atomic mass is 10.1. The quantitative estimate of drug-likeness (QED) is 0.618. The normalized spacial score (nSPS) is 9.55. The average molecular weight is 149 g/mol. The Hall–Kier alpha value is -1.35. The summed E-state index contributed by atoms with van der Waals surface area (Å²) in [7, 11) is 0. The first-order valence-corrected chi connectivity index (χ1v) is 3.19. The molecule has 3 heteroatoms. The van der Waals surface area contributed by atoms with Crippen LogP contribution >= 0.6 is 0 Å². The zero-order valence-corrected chi connectivity index (χ0v) is 5.83. The summed E-state index contributed by atoms with van der Waals surface area (Å²) in [6.45, 7) is 0.174. The summed E-state index contributed by atoms with van der Waals surface area (Å²) in [4.78, 5) is 10.2. The molecule has 0 aliphatic heterocycles. The van der Waals surface area contributed by atoms with E-state index in [4.69, 9.17) is 5.73 Å². The Morgan fingerprint density at radius 3 is 2.27 bits per heavy atom. The van der Waals surface area contributed by atoms with E-state index in [0.29, 0.717) is 0 Å². The molecule has 0 atom stereocenters. The molecule has 0 fully saturated rings. The maximum atomic E-state index is 10.2. The van der Waals surface area contributed by atoms with Gasteiger partial charge in [0.15, 0.2) is 0 Å². The molecule has 0 radical (unpaired) electrons. The lowest BCUT2D eigenvalue weighted by Crippen LogP contribution is -2.21. The first-order chi connectivity index (χ1) is 5.24. The molecule has 1 aromatic carbocycles. The summed E-state index contributed by atoms with van der Waals surface area (Å²) in [5.41, 5.74) is 7.91. The van der Waals surface area contributed by atoms with Crippen LogP contribution in [0.3, 0.4) is 0 Å². The van der Waals surface area contributed by atoms with E-state index in [1.165, 1.54) is 12.1 Å². The summed E-state index contributed by atoms with van der Waals surface area (Å²) in [6, 6.07) is 6.11. The minimum Gasteiger partial charge on any atom is -0.674 e. The lowest BCUT2D eigenvalue weighted by Gasteiger charge is -2.04. The third-order valence-electron chi connectivity index (χ3n) is 1.39. The third-order valence-corrected chi connectivity index (χ3v) is 1.39. The molecule has 1 rings (SSSR count). The molecule has 0 saturated heterocycles. The number of carboxylic acids is 1. The van der Waals surface area contributed by atoms with E-state index >= 15 is 0 Å². The minimum absolute atomic E-state index is 0.155. The molecule has 0 aromatic heterocycles. The van der Waals surface area contributed by atoms with Crippen molar-refractivity contribution in [2.75, 3.05) is 0 Å². The van der Waals surface area contributed by atoms with Gasteiger partial charge in [0.2, 0.25) is 0 Å². The van der Waals surface area contributed by atoms with Crippen LogP contribution in [0.2, 0.25) is 0 Å². The fourth-order valence-corrected chi connectivity index (χ4v) is 0.759. The van der Waals surface area contributed by atoms with E-state index in [1.807, 2.05) is 0 Å². The SMILES string of the molecule is [NH-]Cc1ccc(C(=O)[O-])cc1. The van der Waals surface area contributed by atoms with Crippen LogP contribution in [0.1, 0.15) is 15.9 Å². The van der Waals surface area contributed by atoms with Crippen molar-refractivity contribution in [2.24, 2.45) is 0 Å². The maximum Gasteiger partial charge on any atom is 0.0715 e. The highest BCUT2D eigenvalue weighted by molar-refractivity contribution is 5.85. The van der Waals surface area contributed by atoms with Gasteiger partial charge in [-0.05, 0) is 5.56 Å². The summed E-state index contributed by atoms with van der Waals surface area (Å²) >= 11 is 0. The van der Waals surface area contributed by atoms with E-state index in [2.05, 4.69) is 0 Å². The summed E-state index contributed by atoms with van der Waals surface area (Å²) in [5.74, 6) is -1.18. The van der Waals surface area contributed by atoms with Crippen LogP contribution in [0.15, 0.2) is 24.3 Å². The van der Waals surface area contributed by atoms with Crippen molar-refractivity contribution in [3.63, 3.8) is 0 Å². The van der Waals surface area contributed by atoms with E-state index < -0.39 is 5.97 Å².